The third-order valence-corrected chi connectivity index (χ3v) is 12.2. The number of hydrogen-bond acceptors (Lipinski definition) is 12. The Kier molecular flexibility index (Phi) is 17.7. The molecular formula is C38H58N6O7S3. The number of alkyl carbamates (subject to hydrolysis) is 1. The van der Waals surface area contributed by atoms with Gasteiger partial charge >= 0.3 is 12.2 Å². The Morgan fingerprint density at radius 2 is 1.70 bits per heavy atom. The van der Waals surface area contributed by atoms with E-state index in [0.29, 0.717) is 56.2 Å². The van der Waals surface area contributed by atoms with Gasteiger partial charge in [-0.15, -0.1) is 10.2 Å². The lowest BCUT2D eigenvalue weighted by molar-refractivity contribution is -0.134. The van der Waals surface area contributed by atoms with E-state index < -0.39 is 48.0 Å². The summed E-state index contributed by atoms with van der Waals surface area (Å²) in [5.41, 5.74) is 0.184. The van der Waals surface area contributed by atoms with Gasteiger partial charge in [0, 0.05) is 37.1 Å². The van der Waals surface area contributed by atoms with E-state index in [4.69, 9.17) is 9.47 Å². The van der Waals surface area contributed by atoms with Gasteiger partial charge in [-0.1, -0.05) is 85.5 Å². The number of aromatic nitrogens is 2. The number of nitrogens with one attached hydrogen (secondary N) is 3. The summed E-state index contributed by atoms with van der Waals surface area (Å²) in [6.07, 6.45) is 6.62. The zero-order chi connectivity index (χ0) is 39.1. The molecule has 54 heavy (non-hydrogen) atoms. The Balaban J connectivity index is 1.39. The standard InChI is InChI=1S/C38H58N6O7S3/c1-25-42-43-36(54-25)53-21-18-31(45)29(22-26-12-8-6-9-13-26)40-33(46)30(24-52-5)41-34(47)32(23-27-14-10-7-11-15-27)50-37(49)44-19-16-28(17-20-44)39-35(48)51-38(2,3)4/h7,10-11,14-15,26,28-32,45H,6,8-9,12-13,16-24H2,1-5H3,(H,39,48)(H,40,46)(H,41,47)/t29-,30-,31-,32-/m0/s1. The molecule has 2 heterocycles. The first-order valence-corrected chi connectivity index (χ1v) is 22.2. The highest BCUT2D eigenvalue weighted by molar-refractivity contribution is 8.01. The number of rotatable bonds is 17. The van der Waals surface area contributed by atoms with Crippen LogP contribution in [0.15, 0.2) is 34.7 Å². The minimum absolute atomic E-state index is 0.123. The fourth-order valence-electron chi connectivity index (χ4n) is 6.69. The molecule has 1 saturated heterocycles. The Morgan fingerprint density at radius 3 is 2.33 bits per heavy atom. The molecule has 4 rings (SSSR count). The Labute approximate surface area is 332 Å². The molecule has 0 unspecified atom stereocenters. The van der Waals surface area contributed by atoms with Crippen LogP contribution < -0.4 is 16.0 Å². The maximum absolute atomic E-state index is 13.9. The van der Waals surface area contributed by atoms with Crippen LogP contribution in [0.25, 0.3) is 0 Å². The quantitative estimate of drug-likeness (QED) is 0.144. The molecule has 13 nitrogen and oxygen atoms in total. The predicted octanol–water partition coefficient (Wildman–Crippen LogP) is 5.73. The first kappa shape index (κ1) is 43.6. The second-order valence-corrected chi connectivity index (χ2v) is 18.6. The van der Waals surface area contributed by atoms with Crippen molar-refractivity contribution in [3.05, 3.63) is 40.9 Å². The van der Waals surface area contributed by atoms with Crippen LogP contribution in [-0.4, -0.2) is 111 Å². The maximum atomic E-state index is 13.9. The molecule has 16 heteroatoms. The average molecular weight is 807 g/mol. The molecule has 1 aromatic heterocycles. The molecule has 4 N–H and O–H groups in total. The van der Waals surface area contributed by atoms with Gasteiger partial charge in [-0.2, -0.15) is 11.8 Å². The molecule has 1 aliphatic carbocycles. The molecule has 2 fully saturated rings. The van der Waals surface area contributed by atoms with Crippen molar-refractivity contribution in [3.8, 4) is 0 Å². The van der Waals surface area contributed by atoms with Crippen molar-refractivity contribution in [3.63, 3.8) is 0 Å². The third-order valence-electron chi connectivity index (χ3n) is 9.49. The summed E-state index contributed by atoms with van der Waals surface area (Å²) in [5.74, 6) is 0.367. The fraction of sp³-hybridized carbons (Fsp3) is 0.684. The van der Waals surface area contributed by atoms with Gasteiger partial charge in [-0.25, -0.2) is 9.59 Å². The molecule has 4 atom stereocenters. The molecule has 1 saturated carbocycles. The van der Waals surface area contributed by atoms with E-state index in [1.807, 2.05) is 43.5 Å². The molecular weight excluding hydrogens is 749 g/mol. The highest BCUT2D eigenvalue weighted by Crippen LogP contribution is 2.29. The van der Waals surface area contributed by atoms with E-state index >= 15 is 0 Å². The number of amides is 4. The topological polar surface area (TPSA) is 172 Å². The molecule has 0 spiro atoms. The van der Waals surface area contributed by atoms with E-state index in [9.17, 15) is 24.3 Å². The van der Waals surface area contributed by atoms with Crippen LogP contribution in [-0.2, 0) is 25.5 Å². The highest BCUT2D eigenvalue weighted by Gasteiger charge is 2.34. The van der Waals surface area contributed by atoms with Crippen LogP contribution in [0.5, 0.6) is 0 Å². The van der Waals surface area contributed by atoms with Crippen LogP contribution in [0.4, 0.5) is 9.59 Å². The van der Waals surface area contributed by atoms with Gasteiger partial charge in [0.25, 0.3) is 5.91 Å². The van der Waals surface area contributed by atoms with E-state index in [1.165, 1.54) is 34.4 Å². The number of hydrogen-bond donors (Lipinski definition) is 4. The number of aliphatic hydroxyl groups is 1. The predicted molar refractivity (Wildman–Crippen MR) is 214 cm³/mol. The Bertz CT molecular complexity index is 1480. The first-order valence-electron chi connectivity index (χ1n) is 19.0. The van der Waals surface area contributed by atoms with Crippen molar-refractivity contribution >= 4 is 58.9 Å². The molecule has 0 radical (unpaired) electrons. The third kappa shape index (κ3) is 15.2. The lowest BCUT2D eigenvalue weighted by Gasteiger charge is -2.33. The van der Waals surface area contributed by atoms with Crippen LogP contribution in [0.3, 0.4) is 0 Å². The van der Waals surface area contributed by atoms with Crippen molar-refractivity contribution in [1.29, 1.82) is 0 Å². The van der Waals surface area contributed by atoms with Crippen molar-refractivity contribution < 1.29 is 33.8 Å². The molecule has 0 bridgehead atoms. The normalized spacial score (nSPS) is 17.9. The molecule has 2 aromatic rings. The number of piperidine rings is 1. The monoisotopic (exact) mass is 806 g/mol. The van der Waals surface area contributed by atoms with Crippen molar-refractivity contribution in [1.82, 2.24) is 31.0 Å². The minimum atomic E-state index is -1.20. The Morgan fingerprint density at radius 1 is 1.00 bits per heavy atom. The summed E-state index contributed by atoms with van der Waals surface area (Å²) in [7, 11) is 0. The SMILES string of the molecule is CSC[C@H](NC(=O)[C@H](Cc1ccccc1)OC(=O)N1CCC(NC(=O)OC(C)(C)C)CC1)C(=O)N[C@@H](CC1CCCCC1)[C@@H](O)CCSc1nnc(C)s1. The lowest BCUT2D eigenvalue weighted by Crippen LogP contribution is -2.56. The van der Waals surface area contributed by atoms with Crippen molar-refractivity contribution in [2.24, 2.45) is 5.92 Å². The molecule has 300 valence electrons. The largest absolute Gasteiger partial charge is 0.444 e. The van der Waals surface area contributed by atoms with E-state index in [0.717, 1.165) is 40.6 Å². The van der Waals surface area contributed by atoms with Gasteiger partial charge in [0.05, 0.1) is 12.1 Å². The van der Waals surface area contributed by atoms with Gasteiger partial charge in [-0.3, -0.25) is 9.59 Å². The van der Waals surface area contributed by atoms with Gasteiger partial charge in [0.1, 0.15) is 16.7 Å². The number of likely N-dealkylation sites (tertiary alicyclic amines) is 1. The average Bonchev–Trinajstić information content (AvgIpc) is 3.55. The summed E-state index contributed by atoms with van der Waals surface area (Å²) in [5, 5.41) is 29.4. The summed E-state index contributed by atoms with van der Waals surface area (Å²) < 4.78 is 12.1. The number of carbonyl (C=O) groups excluding carboxylic acids is 4. The van der Waals surface area contributed by atoms with Crippen molar-refractivity contribution in [2.45, 2.75) is 132 Å². The molecule has 4 amide bonds. The zero-order valence-corrected chi connectivity index (χ0v) is 34.7. The molecule has 1 aromatic carbocycles. The summed E-state index contributed by atoms with van der Waals surface area (Å²) >= 11 is 4.47. The lowest BCUT2D eigenvalue weighted by atomic mass is 9.83. The second kappa shape index (κ2) is 21.9. The van der Waals surface area contributed by atoms with Gasteiger partial charge in [0.15, 0.2) is 10.4 Å². The van der Waals surface area contributed by atoms with Gasteiger partial charge < -0.3 is 35.4 Å². The summed E-state index contributed by atoms with van der Waals surface area (Å²) in [6.45, 7) is 7.97. The molecule has 1 aliphatic heterocycles. The van der Waals surface area contributed by atoms with Gasteiger partial charge in [0.2, 0.25) is 5.91 Å². The van der Waals surface area contributed by atoms with Gasteiger partial charge in [-0.05, 0) is 71.1 Å². The van der Waals surface area contributed by atoms with E-state index in [2.05, 4.69) is 26.1 Å². The first-order chi connectivity index (χ1) is 25.8. The highest BCUT2D eigenvalue weighted by atomic mass is 32.2. The number of ether oxygens (including phenoxy) is 2. The summed E-state index contributed by atoms with van der Waals surface area (Å²) in [6, 6.07) is 7.73. The minimum Gasteiger partial charge on any atom is -0.444 e. The zero-order valence-electron chi connectivity index (χ0n) is 32.2. The van der Waals surface area contributed by atoms with Crippen molar-refractivity contribution in [2.75, 3.05) is 30.9 Å². The number of thioether (sulfide) groups is 2. The number of benzene rings is 1. The van der Waals surface area contributed by atoms with Crippen LogP contribution in [0.2, 0.25) is 0 Å². The Hall–Kier alpha value is -3.08. The van der Waals surface area contributed by atoms with E-state index in [1.54, 1.807) is 32.5 Å². The number of aryl methyl sites for hydroxylation is 1. The second-order valence-electron chi connectivity index (χ2n) is 15.1. The van der Waals surface area contributed by atoms with Crippen LogP contribution in [0.1, 0.15) is 89.1 Å². The fourth-order valence-corrected chi connectivity index (χ4v) is 9.15. The van der Waals surface area contributed by atoms with Crippen LogP contribution >= 0.6 is 34.9 Å². The number of aliphatic hydroxyl groups excluding tert-OH is 1. The maximum Gasteiger partial charge on any atom is 0.410 e. The smallest absolute Gasteiger partial charge is 0.410 e. The summed E-state index contributed by atoms with van der Waals surface area (Å²) in [4.78, 5) is 55.1. The number of carbonyl (C=O) groups is 4. The van der Waals surface area contributed by atoms with Crippen LogP contribution in [0, 0.1) is 12.8 Å². The van der Waals surface area contributed by atoms with E-state index in [-0.39, 0.29) is 18.4 Å². The molecule has 2 aliphatic rings. The number of nitrogens with zero attached hydrogens (tertiary/aromatic N) is 3.